The van der Waals surface area contributed by atoms with Crippen molar-refractivity contribution in [3.05, 3.63) is 70.7 Å². The van der Waals surface area contributed by atoms with Crippen LogP contribution in [0.3, 0.4) is 0 Å². The molecule has 0 heterocycles. The van der Waals surface area contributed by atoms with Crippen molar-refractivity contribution >= 4 is 17.4 Å². The van der Waals surface area contributed by atoms with Crippen molar-refractivity contribution in [2.75, 3.05) is 0 Å². The van der Waals surface area contributed by atoms with Crippen molar-refractivity contribution in [2.24, 2.45) is 5.92 Å². The highest BCUT2D eigenvalue weighted by molar-refractivity contribution is 6.30. The minimum atomic E-state index is 0.194. The second kappa shape index (κ2) is 6.71. The summed E-state index contributed by atoms with van der Waals surface area (Å²) in [4.78, 5) is 12.4. The molecule has 0 amide bonds. The standard InChI is InChI=1S/C18H19ClO/c1-13(2)17(14-8-10-16(19)11-9-14)12-18(20)15-6-4-3-5-7-15/h3-11,13,17H,12H2,1-2H3. The average Bonchev–Trinajstić information content (AvgIpc) is 2.46. The van der Waals surface area contributed by atoms with Gasteiger partial charge in [-0.15, -0.1) is 0 Å². The molecule has 0 fully saturated rings. The molecule has 0 aliphatic carbocycles. The molecule has 2 aromatic rings. The van der Waals surface area contributed by atoms with Gasteiger partial charge in [0.2, 0.25) is 0 Å². The van der Waals surface area contributed by atoms with Crippen LogP contribution < -0.4 is 0 Å². The lowest BCUT2D eigenvalue weighted by Gasteiger charge is -2.21. The lowest BCUT2D eigenvalue weighted by Crippen LogP contribution is -2.13. The van der Waals surface area contributed by atoms with Gasteiger partial charge in [-0.1, -0.05) is 67.9 Å². The van der Waals surface area contributed by atoms with Crippen molar-refractivity contribution in [2.45, 2.75) is 26.2 Å². The van der Waals surface area contributed by atoms with Crippen molar-refractivity contribution < 1.29 is 4.79 Å². The van der Waals surface area contributed by atoms with Crippen LogP contribution in [0.4, 0.5) is 0 Å². The van der Waals surface area contributed by atoms with Crippen molar-refractivity contribution in [1.29, 1.82) is 0 Å². The molecule has 2 heteroatoms. The third-order valence-corrected chi connectivity index (χ3v) is 3.86. The second-order valence-corrected chi connectivity index (χ2v) is 5.83. The third kappa shape index (κ3) is 3.71. The van der Waals surface area contributed by atoms with Crippen LogP contribution in [0.5, 0.6) is 0 Å². The van der Waals surface area contributed by atoms with Crippen LogP contribution in [-0.4, -0.2) is 5.78 Å². The number of carbonyl (C=O) groups is 1. The van der Waals surface area contributed by atoms with Crippen LogP contribution in [0.2, 0.25) is 5.02 Å². The molecule has 20 heavy (non-hydrogen) atoms. The van der Waals surface area contributed by atoms with Gasteiger partial charge in [-0.05, 0) is 29.5 Å². The largest absolute Gasteiger partial charge is 0.294 e. The fraction of sp³-hybridized carbons (Fsp3) is 0.278. The maximum atomic E-state index is 12.4. The molecule has 0 N–H and O–H groups in total. The van der Waals surface area contributed by atoms with Gasteiger partial charge < -0.3 is 0 Å². The number of benzene rings is 2. The molecule has 0 aliphatic heterocycles. The zero-order chi connectivity index (χ0) is 14.5. The number of ketones is 1. The van der Waals surface area contributed by atoms with Gasteiger partial charge in [0, 0.05) is 17.0 Å². The van der Waals surface area contributed by atoms with Gasteiger partial charge in [0.1, 0.15) is 0 Å². The molecular weight excluding hydrogens is 268 g/mol. The molecular formula is C18H19ClO. The summed E-state index contributed by atoms with van der Waals surface area (Å²) >= 11 is 5.93. The molecule has 2 aromatic carbocycles. The number of halogens is 1. The summed E-state index contributed by atoms with van der Waals surface area (Å²) in [5, 5.41) is 0.727. The van der Waals surface area contributed by atoms with Crippen molar-refractivity contribution in [3.8, 4) is 0 Å². The molecule has 0 saturated carbocycles. The van der Waals surface area contributed by atoms with Crippen LogP contribution in [0.15, 0.2) is 54.6 Å². The van der Waals surface area contributed by atoms with E-state index in [1.807, 2.05) is 54.6 Å². The Kier molecular flexibility index (Phi) is 4.97. The van der Waals surface area contributed by atoms with Gasteiger partial charge in [-0.2, -0.15) is 0 Å². The Labute approximate surface area is 125 Å². The van der Waals surface area contributed by atoms with Gasteiger partial charge in [0.15, 0.2) is 5.78 Å². The molecule has 1 unspecified atom stereocenters. The first kappa shape index (κ1) is 14.8. The number of rotatable bonds is 5. The van der Waals surface area contributed by atoms with Crippen LogP contribution in [0.25, 0.3) is 0 Å². The monoisotopic (exact) mass is 286 g/mol. The highest BCUT2D eigenvalue weighted by Gasteiger charge is 2.20. The lowest BCUT2D eigenvalue weighted by molar-refractivity contribution is 0.0966. The van der Waals surface area contributed by atoms with Gasteiger partial charge in [-0.3, -0.25) is 4.79 Å². The summed E-state index contributed by atoms with van der Waals surface area (Å²) < 4.78 is 0. The zero-order valence-corrected chi connectivity index (χ0v) is 12.6. The topological polar surface area (TPSA) is 17.1 Å². The summed E-state index contributed by atoms with van der Waals surface area (Å²) in [7, 11) is 0. The quantitative estimate of drug-likeness (QED) is 0.677. The molecule has 104 valence electrons. The first-order valence-electron chi connectivity index (χ1n) is 6.91. The second-order valence-electron chi connectivity index (χ2n) is 5.40. The summed E-state index contributed by atoms with van der Waals surface area (Å²) in [5.41, 5.74) is 1.96. The minimum absolute atomic E-state index is 0.194. The smallest absolute Gasteiger partial charge is 0.163 e. The van der Waals surface area contributed by atoms with Gasteiger partial charge >= 0.3 is 0 Å². The third-order valence-electron chi connectivity index (χ3n) is 3.60. The Morgan fingerprint density at radius 3 is 2.15 bits per heavy atom. The van der Waals surface area contributed by atoms with E-state index < -0.39 is 0 Å². The number of Topliss-reactive ketones (excluding diaryl/α,β-unsaturated/α-hetero) is 1. The molecule has 0 aliphatic rings. The number of carbonyl (C=O) groups excluding carboxylic acids is 1. The van der Waals surface area contributed by atoms with Crippen LogP contribution >= 0.6 is 11.6 Å². The first-order valence-corrected chi connectivity index (χ1v) is 7.29. The van der Waals surface area contributed by atoms with Crippen LogP contribution in [-0.2, 0) is 0 Å². The molecule has 0 spiro atoms. The van der Waals surface area contributed by atoms with E-state index in [1.54, 1.807) is 0 Å². The predicted molar refractivity (Wildman–Crippen MR) is 84.4 cm³/mol. The first-order chi connectivity index (χ1) is 9.58. The number of hydrogen-bond donors (Lipinski definition) is 0. The van der Waals surface area contributed by atoms with E-state index in [1.165, 1.54) is 5.56 Å². The summed E-state index contributed by atoms with van der Waals surface area (Å²) in [6.07, 6.45) is 0.531. The van der Waals surface area contributed by atoms with Gasteiger partial charge in [0.25, 0.3) is 0 Å². The Bertz CT molecular complexity index is 558. The van der Waals surface area contributed by atoms with E-state index >= 15 is 0 Å². The highest BCUT2D eigenvalue weighted by atomic mass is 35.5. The Hall–Kier alpha value is -1.60. The van der Waals surface area contributed by atoms with Crippen molar-refractivity contribution in [3.63, 3.8) is 0 Å². The number of hydrogen-bond acceptors (Lipinski definition) is 1. The van der Waals surface area contributed by atoms with E-state index in [4.69, 9.17) is 11.6 Å². The molecule has 1 atom stereocenters. The van der Waals surface area contributed by atoms with E-state index in [0.717, 1.165) is 10.6 Å². The zero-order valence-electron chi connectivity index (χ0n) is 11.8. The minimum Gasteiger partial charge on any atom is -0.294 e. The summed E-state index contributed by atoms with van der Waals surface area (Å²) in [6, 6.07) is 17.3. The van der Waals surface area contributed by atoms with Crippen LogP contribution in [0.1, 0.15) is 42.1 Å². The maximum Gasteiger partial charge on any atom is 0.163 e. The average molecular weight is 287 g/mol. The molecule has 2 rings (SSSR count). The Morgan fingerprint density at radius 2 is 1.60 bits per heavy atom. The Balaban J connectivity index is 2.18. The normalized spacial score (nSPS) is 12.4. The van der Waals surface area contributed by atoms with Crippen LogP contribution in [0, 0.1) is 5.92 Å². The predicted octanol–water partition coefficient (Wildman–Crippen LogP) is 5.35. The molecule has 0 radical (unpaired) electrons. The molecule has 1 nitrogen and oxygen atoms in total. The van der Waals surface area contributed by atoms with E-state index in [0.29, 0.717) is 12.3 Å². The Morgan fingerprint density at radius 1 is 1.00 bits per heavy atom. The van der Waals surface area contributed by atoms with Crippen molar-refractivity contribution in [1.82, 2.24) is 0 Å². The molecule has 0 saturated heterocycles. The van der Waals surface area contributed by atoms with E-state index in [9.17, 15) is 4.79 Å². The SMILES string of the molecule is CC(C)C(CC(=O)c1ccccc1)c1ccc(Cl)cc1. The van der Waals surface area contributed by atoms with Gasteiger partial charge in [0.05, 0.1) is 0 Å². The van der Waals surface area contributed by atoms with Gasteiger partial charge in [-0.25, -0.2) is 0 Å². The molecule has 0 bridgehead atoms. The highest BCUT2D eigenvalue weighted by Crippen LogP contribution is 2.30. The lowest BCUT2D eigenvalue weighted by atomic mass is 9.83. The molecule has 0 aromatic heterocycles. The van der Waals surface area contributed by atoms with E-state index in [-0.39, 0.29) is 11.7 Å². The summed E-state index contributed by atoms with van der Waals surface area (Å²) in [6.45, 7) is 4.30. The maximum absolute atomic E-state index is 12.4. The van der Waals surface area contributed by atoms with E-state index in [2.05, 4.69) is 13.8 Å². The fourth-order valence-electron chi connectivity index (χ4n) is 2.39. The summed E-state index contributed by atoms with van der Waals surface area (Å²) in [5.74, 6) is 0.822. The fourth-order valence-corrected chi connectivity index (χ4v) is 2.52.